The van der Waals surface area contributed by atoms with Gasteiger partial charge in [-0.15, -0.1) is 0 Å². The van der Waals surface area contributed by atoms with E-state index in [1.807, 2.05) is 60.7 Å². The van der Waals surface area contributed by atoms with Crippen LogP contribution in [0.15, 0.2) is 88.8 Å². The van der Waals surface area contributed by atoms with Crippen LogP contribution in [-0.2, 0) is 0 Å². The monoisotopic (exact) mass is 387 g/mol. The molecule has 1 N–H and O–H groups in total. The standard InChI is InChI=1S/C22H14ClN3S/c23-19-12-16(10-11-21(19)27-17-6-2-1-3-7-17)26-22-15(13-24)14-25-20-9-5-4-8-18(20)22/h1-12,14H,(H,25,26). The molecule has 130 valence electrons. The van der Waals surface area contributed by atoms with E-state index in [2.05, 4.69) is 28.5 Å². The third kappa shape index (κ3) is 3.75. The van der Waals surface area contributed by atoms with E-state index in [0.717, 1.165) is 32.1 Å². The van der Waals surface area contributed by atoms with Gasteiger partial charge in [0, 0.05) is 27.1 Å². The Balaban J connectivity index is 1.67. The van der Waals surface area contributed by atoms with Gasteiger partial charge in [0.1, 0.15) is 6.07 Å². The Kier molecular flexibility index (Phi) is 4.97. The van der Waals surface area contributed by atoms with Crippen molar-refractivity contribution in [2.75, 3.05) is 5.32 Å². The molecule has 0 unspecified atom stereocenters. The molecule has 0 spiro atoms. The van der Waals surface area contributed by atoms with Gasteiger partial charge in [0.25, 0.3) is 0 Å². The molecular weight excluding hydrogens is 374 g/mol. The first-order chi connectivity index (χ1) is 13.2. The second kappa shape index (κ2) is 7.71. The summed E-state index contributed by atoms with van der Waals surface area (Å²) in [5.74, 6) is 0. The maximum atomic E-state index is 9.46. The fourth-order valence-corrected chi connectivity index (χ4v) is 3.92. The van der Waals surface area contributed by atoms with Crippen LogP contribution < -0.4 is 5.32 Å². The van der Waals surface area contributed by atoms with Crippen molar-refractivity contribution in [3.05, 3.63) is 89.6 Å². The maximum absolute atomic E-state index is 9.46. The molecule has 0 aliphatic heterocycles. The quantitative estimate of drug-likeness (QED) is 0.425. The number of aromatic nitrogens is 1. The van der Waals surface area contributed by atoms with E-state index >= 15 is 0 Å². The zero-order chi connectivity index (χ0) is 18.6. The minimum absolute atomic E-state index is 0.493. The molecule has 5 heteroatoms. The van der Waals surface area contributed by atoms with Crippen molar-refractivity contribution < 1.29 is 0 Å². The van der Waals surface area contributed by atoms with Crippen LogP contribution in [0, 0.1) is 11.3 Å². The van der Waals surface area contributed by atoms with Crippen LogP contribution in [0.3, 0.4) is 0 Å². The van der Waals surface area contributed by atoms with E-state index in [0.29, 0.717) is 10.6 Å². The van der Waals surface area contributed by atoms with E-state index in [-0.39, 0.29) is 0 Å². The summed E-state index contributed by atoms with van der Waals surface area (Å²) in [5, 5.41) is 14.4. The van der Waals surface area contributed by atoms with Gasteiger partial charge in [0.15, 0.2) is 0 Å². The van der Waals surface area contributed by atoms with Crippen LogP contribution in [0.4, 0.5) is 11.4 Å². The molecule has 3 nitrogen and oxygen atoms in total. The summed E-state index contributed by atoms with van der Waals surface area (Å²) < 4.78 is 0. The van der Waals surface area contributed by atoms with Gasteiger partial charge in [-0.25, -0.2) is 0 Å². The summed E-state index contributed by atoms with van der Waals surface area (Å²) in [7, 11) is 0. The van der Waals surface area contributed by atoms with Crippen LogP contribution >= 0.6 is 23.4 Å². The van der Waals surface area contributed by atoms with Crippen molar-refractivity contribution in [1.82, 2.24) is 4.98 Å². The molecule has 0 saturated carbocycles. The number of hydrogen-bond acceptors (Lipinski definition) is 4. The topological polar surface area (TPSA) is 48.7 Å². The van der Waals surface area contributed by atoms with E-state index in [1.54, 1.807) is 18.0 Å². The Bertz CT molecular complexity index is 1150. The number of pyridine rings is 1. The number of hydrogen-bond donors (Lipinski definition) is 1. The number of nitriles is 1. The average molecular weight is 388 g/mol. The summed E-state index contributed by atoms with van der Waals surface area (Å²) in [6.07, 6.45) is 1.59. The number of benzene rings is 3. The zero-order valence-corrected chi connectivity index (χ0v) is 15.8. The lowest BCUT2D eigenvalue weighted by Crippen LogP contribution is -1.97. The van der Waals surface area contributed by atoms with Gasteiger partial charge in [-0.05, 0) is 36.4 Å². The van der Waals surface area contributed by atoms with E-state index in [9.17, 15) is 5.26 Å². The Labute approximate surface area is 166 Å². The third-order valence-corrected chi connectivity index (χ3v) is 5.58. The number of anilines is 2. The predicted octanol–water partition coefficient (Wildman–Crippen LogP) is 6.65. The highest BCUT2D eigenvalue weighted by Gasteiger charge is 2.10. The molecule has 4 aromatic rings. The fraction of sp³-hybridized carbons (Fsp3) is 0. The first-order valence-electron chi connectivity index (χ1n) is 8.32. The molecular formula is C22H14ClN3S. The summed E-state index contributed by atoms with van der Waals surface area (Å²) in [6, 6.07) is 25.9. The van der Waals surface area contributed by atoms with E-state index in [1.165, 1.54) is 0 Å². The number of para-hydroxylation sites is 1. The van der Waals surface area contributed by atoms with Crippen molar-refractivity contribution in [2.24, 2.45) is 0 Å². The first-order valence-corrected chi connectivity index (χ1v) is 9.51. The van der Waals surface area contributed by atoms with Gasteiger partial charge >= 0.3 is 0 Å². The molecule has 0 saturated heterocycles. The largest absolute Gasteiger partial charge is 0.354 e. The predicted molar refractivity (Wildman–Crippen MR) is 112 cm³/mol. The lowest BCUT2D eigenvalue weighted by atomic mass is 10.1. The summed E-state index contributed by atoms with van der Waals surface area (Å²) >= 11 is 8.12. The first kappa shape index (κ1) is 17.4. The number of nitrogens with one attached hydrogen (secondary N) is 1. The smallest absolute Gasteiger partial charge is 0.103 e. The van der Waals surface area contributed by atoms with Crippen molar-refractivity contribution in [2.45, 2.75) is 9.79 Å². The Morgan fingerprint density at radius 1 is 0.963 bits per heavy atom. The van der Waals surface area contributed by atoms with Gasteiger partial charge in [-0.1, -0.05) is 59.8 Å². The zero-order valence-electron chi connectivity index (χ0n) is 14.2. The van der Waals surface area contributed by atoms with Crippen molar-refractivity contribution in [1.29, 1.82) is 5.26 Å². The molecule has 1 aromatic heterocycles. The SMILES string of the molecule is N#Cc1cnc2ccccc2c1Nc1ccc(Sc2ccccc2)c(Cl)c1. The summed E-state index contributed by atoms with van der Waals surface area (Å²) in [6.45, 7) is 0. The summed E-state index contributed by atoms with van der Waals surface area (Å²) in [4.78, 5) is 6.45. The van der Waals surface area contributed by atoms with Crippen molar-refractivity contribution in [3.8, 4) is 6.07 Å². The fourth-order valence-electron chi connectivity index (χ4n) is 2.78. The second-order valence-corrected chi connectivity index (χ2v) is 7.38. The van der Waals surface area contributed by atoms with E-state index in [4.69, 9.17) is 11.6 Å². The number of halogens is 1. The highest BCUT2D eigenvalue weighted by Crippen LogP contribution is 2.36. The molecule has 0 atom stereocenters. The highest BCUT2D eigenvalue weighted by atomic mass is 35.5. The van der Waals surface area contributed by atoms with Gasteiger partial charge in [-0.2, -0.15) is 5.26 Å². The minimum atomic E-state index is 0.493. The average Bonchev–Trinajstić information content (AvgIpc) is 2.71. The van der Waals surface area contributed by atoms with Crippen molar-refractivity contribution >= 4 is 45.6 Å². The molecule has 0 fully saturated rings. The van der Waals surface area contributed by atoms with Crippen molar-refractivity contribution in [3.63, 3.8) is 0 Å². The molecule has 3 aromatic carbocycles. The minimum Gasteiger partial charge on any atom is -0.354 e. The van der Waals surface area contributed by atoms with Crippen LogP contribution in [0.1, 0.15) is 5.56 Å². The molecule has 0 aliphatic carbocycles. The molecule has 27 heavy (non-hydrogen) atoms. The van der Waals surface area contributed by atoms with Crippen LogP contribution in [0.5, 0.6) is 0 Å². The van der Waals surface area contributed by atoms with Crippen LogP contribution in [0.25, 0.3) is 10.9 Å². The molecule has 0 amide bonds. The normalized spacial score (nSPS) is 10.5. The van der Waals surface area contributed by atoms with Gasteiger partial charge in [-0.3, -0.25) is 4.98 Å². The van der Waals surface area contributed by atoms with Gasteiger partial charge in [0.2, 0.25) is 0 Å². The Morgan fingerprint density at radius 3 is 2.52 bits per heavy atom. The number of nitrogens with zero attached hydrogens (tertiary/aromatic N) is 2. The lowest BCUT2D eigenvalue weighted by molar-refractivity contribution is 1.36. The van der Waals surface area contributed by atoms with Gasteiger partial charge in [0.05, 0.1) is 21.8 Å². The molecule has 1 heterocycles. The number of fused-ring (bicyclic) bond motifs is 1. The second-order valence-electron chi connectivity index (χ2n) is 5.86. The maximum Gasteiger partial charge on any atom is 0.103 e. The number of rotatable bonds is 4. The molecule has 0 bridgehead atoms. The third-order valence-electron chi connectivity index (χ3n) is 4.07. The van der Waals surface area contributed by atoms with Crippen LogP contribution in [0.2, 0.25) is 5.02 Å². The molecule has 0 radical (unpaired) electrons. The highest BCUT2D eigenvalue weighted by molar-refractivity contribution is 7.99. The van der Waals surface area contributed by atoms with E-state index < -0.39 is 0 Å². The summed E-state index contributed by atoms with van der Waals surface area (Å²) in [5.41, 5.74) is 2.89. The Morgan fingerprint density at radius 2 is 1.74 bits per heavy atom. The lowest BCUT2D eigenvalue weighted by Gasteiger charge is -2.13. The van der Waals surface area contributed by atoms with Gasteiger partial charge < -0.3 is 5.32 Å². The molecule has 0 aliphatic rings. The van der Waals surface area contributed by atoms with Crippen LogP contribution in [-0.4, -0.2) is 4.98 Å². The Hall–Kier alpha value is -3.00. The molecule has 4 rings (SSSR count).